The molecule has 1 aromatic rings. The molecule has 1 saturated heterocycles. The highest BCUT2D eigenvalue weighted by molar-refractivity contribution is 5.98. The number of rotatable bonds is 3. The molecule has 1 aromatic carbocycles. The summed E-state index contributed by atoms with van der Waals surface area (Å²) in [5.41, 5.74) is -0.320. The van der Waals surface area contributed by atoms with Crippen molar-refractivity contribution in [3.8, 4) is 0 Å². The monoisotopic (exact) mass is 388 g/mol. The Kier molecular flexibility index (Phi) is 4.21. The smallest absolute Gasteiger partial charge is 0.247 e. The van der Waals surface area contributed by atoms with Crippen molar-refractivity contribution in [2.24, 2.45) is 23.2 Å². The van der Waals surface area contributed by atoms with Crippen LogP contribution in [0.1, 0.15) is 51.4 Å². The number of benzene rings is 1. The largest absolute Gasteiger partial charge is 0.330 e. The summed E-state index contributed by atoms with van der Waals surface area (Å²) in [5.74, 6) is 0.278. The molecule has 1 heterocycles. The number of hydrogen-bond donors (Lipinski definition) is 1. The van der Waals surface area contributed by atoms with Gasteiger partial charge in [-0.1, -0.05) is 0 Å². The average molecular weight is 388 g/mol. The second-order valence-corrected chi connectivity index (χ2v) is 9.47. The van der Waals surface area contributed by atoms with E-state index in [-0.39, 0.29) is 22.9 Å². The van der Waals surface area contributed by atoms with Crippen LogP contribution in [-0.4, -0.2) is 29.3 Å². The lowest BCUT2D eigenvalue weighted by molar-refractivity contribution is -0.160. The molecule has 1 unspecified atom stereocenters. The summed E-state index contributed by atoms with van der Waals surface area (Å²) >= 11 is 0. The lowest BCUT2D eigenvalue weighted by Crippen LogP contribution is -2.56. The van der Waals surface area contributed by atoms with Crippen LogP contribution < -0.4 is 5.32 Å². The Morgan fingerprint density at radius 3 is 2.29 bits per heavy atom. The molecule has 0 radical (unpaired) electrons. The van der Waals surface area contributed by atoms with Gasteiger partial charge in [0.15, 0.2) is 0 Å². The molecule has 6 rings (SSSR count). The zero-order valence-corrected chi connectivity index (χ0v) is 15.9. The minimum absolute atomic E-state index is 0.0412. The molecule has 5 fully saturated rings. The highest BCUT2D eigenvalue weighted by Gasteiger charge is 2.56. The van der Waals surface area contributed by atoms with Gasteiger partial charge in [0.05, 0.1) is 11.1 Å². The van der Waals surface area contributed by atoms with Crippen LogP contribution in [0.25, 0.3) is 0 Å². The Labute approximate surface area is 163 Å². The Morgan fingerprint density at radius 2 is 1.68 bits per heavy atom. The predicted octanol–water partition coefficient (Wildman–Crippen LogP) is 4.11. The van der Waals surface area contributed by atoms with Gasteiger partial charge in [0.2, 0.25) is 11.8 Å². The Hall–Kier alpha value is -1.98. The van der Waals surface area contributed by atoms with Crippen LogP contribution in [0.15, 0.2) is 18.2 Å². The average Bonchev–Trinajstić information content (AvgIpc) is 3.12. The summed E-state index contributed by atoms with van der Waals surface area (Å²) in [6.45, 7) is 0.588. The van der Waals surface area contributed by atoms with Crippen molar-refractivity contribution in [2.75, 3.05) is 11.9 Å². The van der Waals surface area contributed by atoms with Gasteiger partial charge in [-0.05, 0) is 81.3 Å². The van der Waals surface area contributed by atoms with E-state index in [2.05, 4.69) is 5.32 Å². The van der Waals surface area contributed by atoms with E-state index in [1.165, 1.54) is 25.3 Å². The number of anilines is 1. The van der Waals surface area contributed by atoms with Crippen molar-refractivity contribution in [3.63, 3.8) is 0 Å². The van der Waals surface area contributed by atoms with Crippen LogP contribution in [0.4, 0.5) is 14.5 Å². The number of likely N-dealkylation sites (tertiary alicyclic amines) is 1. The summed E-state index contributed by atoms with van der Waals surface area (Å²) in [6.07, 6.45) is 8.06. The molecule has 4 saturated carbocycles. The SMILES string of the molecule is O=C(Nc1ccc(F)cc1F)C1CCCN1C(=O)C12CC3CC(CC(C3)C1)C2. The van der Waals surface area contributed by atoms with Crippen LogP contribution in [0.3, 0.4) is 0 Å². The molecule has 150 valence electrons. The van der Waals surface area contributed by atoms with E-state index in [4.69, 9.17) is 0 Å². The first-order valence-electron chi connectivity index (χ1n) is 10.5. The van der Waals surface area contributed by atoms with Crippen LogP contribution in [-0.2, 0) is 9.59 Å². The van der Waals surface area contributed by atoms with Gasteiger partial charge in [0.1, 0.15) is 17.7 Å². The number of nitrogens with one attached hydrogen (secondary N) is 1. The van der Waals surface area contributed by atoms with Gasteiger partial charge in [-0.15, -0.1) is 0 Å². The van der Waals surface area contributed by atoms with E-state index in [0.29, 0.717) is 30.7 Å². The van der Waals surface area contributed by atoms with Gasteiger partial charge in [-0.25, -0.2) is 8.78 Å². The second kappa shape index (κ2) is 6.53. The van der Waals surface area contributed by atoms with E-state index in [0.717, 1.165) is 37.8 Å². The summed E-state index contributed by atoms with van der Waals surface area (Å²) in [6, 6.07) is 2.53. The van der Waals surface area contributed by atoms with Crippen molar-refractivity contribution in [3.05, 3.63) is 29.8 Å². The van der Waals surface area contributed by atoms with Gasteiger partial charge < -0.3 is 10.2 Å². The summed E-state index contributed by atoms with van der Waals surface area (Å²) in [5, 5.41) is 2.56. The van der Waals surface area contributed by atoms with Crippen molar-refractivity contribution < 1.29 is 18.4 Å². The van der Waals surface area contributed by atoms with E-state index in [1.54, 1.807) is 4.90 Å². The standard InChI is InChI=1S/C22H26F2N2O2/c23-16-3-4-18(17(24)9-16)25-20(27)19-2-1-5-26(19)21(28)22-10-13-6-14(11-22)8-15(7-13)12-22/h3-4,9,13-15,19H,1-2,5-8,10-12H2,(H,25,27). The maximum absolute atomic E-state index is 13.9. The molecule has 6 heteroatoms. The molecule has 4 nitrogen and oxygen atoms in total. The molecule has 4 aliphatic carbocycles. The number of amides is 2. The number of nitrogens with zero attached hydrogens (tertiary/aromatic N) is 1. The third-order valence-electron chi connectivity index (χ3n) is 7.50. The predicted molar refractivity (Wildman–Crippen MR) is 100 cm³/mol. The minimum atomic E-state index is -0.801. The molecular weight excluding hydrogens is 362 g/mol. The first-order valence-corrected chi connectivity index (χ1v) is 10.5. The van der Waals surface area contributed by atoms with Crippen LogP contribution in [0.5, 0.6) is 0 Å². The van der Waals surface area contributed by atoms with Gasteiger partial charge >= 0.3 is 0 Å². The first kappa shape index (κ1) is 18.1. The summed E-state index contributed by atoms with van der Waals surface area (Å²) in [4.78, 5) is 28.2. The van der Waals surface area contributed by atoms with E-state index in [9.17, 15) is 18.4 Å². The van der Waals surface area contributed by atoms with Crippen molar-refractivity contribution in [1.29, 1.82) is 0 Å². The Bertz CT molecular complexity index is 789. The number of carbonyl (C=O) groups excluding carboxylic acids is 2. The Balaban J connectivity index is 1.34. The zero-order chi connectivity index (χ0) is 19.5. The fourth-order valence-corrected chi connectivity index (χ4v) is 6.77. The molecular formula is C22H26F2N2O2. The lowest BCUT2D eigenvalue weighted by atomic mass is 9.49. The van der Waals surface area contributed by atoms with E-state index >= 15 is 0 Å². The first-order chi connectivity index (χ1) is 13.4. The van der Waals surface area contributed by atoms with Gasteiger partial charge in [-0.3, -0.25) is 9.59 Å². The highest BCUT2D eigenvalue weighted by atomic mass is 19.1. The molecule has 4 bridgehead atoms. The summed E-state index contributed by atoms with van der Waals surface area (Å²) < 4.78 is 27.0. The maximum Gasteiger partial charge on any atom is 0.247 e. The molecule has 28 heavy (non-hydrogen) atoms. The third-order valence-corrected chi connectivity index (χ3v) is 7.50. The quantitative estimate of drug-likeness (QED) is 0.847. The van der Waals surface area contributed by atoms with Crippen molar-refractivity contribution >= 4 is 17.5 Å². The third kappa shape index (κ3) is 2.92. The molecule has 2 amide bonds. The normalized spacial score (nSPS) is 36.0. The fourth-order valence-electron chi connectivity index (χ4n) is 6.77. The minimum Gasteiger partial charge on any atom is -0.330 e. The van der Waals surface area contributed by atoms with Gasteiger partial charge in [-0.2, -0.15) is 0 Å². The Morgan fingerprint density at radius 1 is 1.04 bits per heavy atom. The van der Waals surface area contributed by atoms with E-state index in [1.807, 2.05) is 0 Å². The fraction of sp³-hybridized carbons (Fsp3) is 0.636. The van der Waals surface area contributed by atoms with Gasteiger partial charge in [0.25, 0.3) is 0 Å². The topological polar surface area (TPSA) is 49.4 Å². The lowest BCUT2D eigenvalue weighted by Gasteiger charge is -2.56. The number of hydrogen-bond acceptors (Lipinski definition) is 2. The zero-order valence-electron chi connectivity index (χ0n) is 15.9. The van der Waals surface area contributed by atoms with E-state index < -0.39 is 17.7 Å². The molecule has 1 atom stereocenters. The molecule has 0 aromatic heterocycles. The highest BCUT2D eigenvalue weighted by Crippen LogP contribution is 2.60. The van der Waals surface area contributed by atoms with Crippen molar-refractivity contribution in [1.82, 2.24) is 4.90 Å². The van der Waals surface area contributed by atoms with Crippen LogP contribution in [0, 0.1) is 34.8 Å². The van der Waals surface area contributed by atoms with Crippen LogP contribution >= 0.6 is 0 Å². The van der Waals surface area contributed by atoms with Gasteiger partial charge in [0, 0.05) is 12.6 Å². The second-order valence-electron chi connectivity index (χ2n) is 9.47. The van der Waals surface area contributed by atoms with Crippen molar-refractivity contribution in [2.45, 2.75) is 57.4 Å². The molecule has 1 aliphatic heterocycles. The number of halogens is 2. The van der Waals surface area contributed by atoms with Crippen LogP contribution in [0.2, 0.25) is 0 Å². The molecule has 5 aliphatic rings. The summed E-state index contributed by atoms with van der Waals surface area (Å²) in [7, 11) is 0. The molecule has 0 spiro atoms. The number of carbonyl (C=O) groups is 2. The molecule has 1 N–H and O–H groups in total. The maximum atomic E-state index is 13.9.